The van der Waals surface area contributed by atoms with Gasteiger partial charge in [0.2, 0.25) is 0 Å². The summed E-state index contributed by atoms with van der Waals surface area (Å²) in [6, 6.07) is 12.2. The van der Waals surface area contributed by atoms with E-state index in [9.17, 15) is 9.90 Å². The van der Waals surface area contributed by atoms with Crippen LogP contribution >= 0.6 is 33.5 Å². The molecule has 2 aromatic rings. The highest BCUT2D eigenvalue weighted by Crippen LogP contribution is 2.53. The molecule has 2 aromatic carbocycles. The Kier molecular flexibility index (Phi) is 13.3. The summed E-state index contributed by atoms with van der Waals surface area (Å²) in [5.74, 6) is -0.154. The van der Waals surface area contributed by atoms with Gasteiger partial charge in [-0.05, 0) is 68.0 Å². The van der Waals surface area contributed by atoms with Crippen molar-refractivity contribution in [1.29, 1.82) is 5.26 Å². The second-order valence-electron chi connectivity index (χ2n) is 10.8. The van der Waals surface area contributed by atoms with Crippen LogP contribution in [-0.2, 0) is 4.18 Å². The molecule has 0 fully saturated rings. The zero-order chi connectivity index (χ0) is 28.4. The van der Waals surface area contributed by atoms with Crippen LogP contribution in [0.1, 0.15) is 68.9 Å². The predicted molar refractivity (Wildman–Crippen MR) is 159 cm³/mol. The summed E-state index contributed by atoms with van der Waals surface area (Å²) in [6.07, 6.45) is 6.08. The number of hydrogen-bond donors (Lipinski definition) is 1. The van der Waals surface area contributed by atoms with Crippen LogP contribution in [0, 0.1) is 24.2 Å². The molecule has 0 aliphatic heterocycles. The zero-order valence-electron chi connectivity index (χ0n) is 23.4. The summed E-state index contributed by atoms with van der Waals surface area (Å²) in [5, 5.41) is 20.6. The molecular formula is C29H42Cl2N2O3S. The molecule has 0 unspecified atom stereocenters. The minimum absolute atomic E-state index is 0.121. The lowest BCUT2D eigenvalue weighted by molar-refractivity contribution is 0.0728. The number of aromatic hydroxyl groups is 1. The highest BCUT2D eigenvalue weighted by atomic mass is 35.5. The van der Waals surface area contributed by atoms with Crippen molar-refractivity contribution in [3.8, 4) is 11.8 Å². The fraction of sp³-hybridized carbons (Fsp3) is 0.517. The second-order valence-corrected chi connectivity index (χ2v) is 15.5. The fourth-order valence-electron chi connectivity index (χ4n) is 3.14. The first-order valence-corrected chi connectivity index (χ1v) is 15.5. The van der Waals surface area contributed by atoms with Gasteiger partial charge in [0.1, 0.15) is 11.8 Å². The minimum atomic E-state index is -1.13. The number of nitrogens with zero attached hydrogens (tertiary/aromatic N) is 2. The van der Waals surface area contributed by atoms with Crippen molar-refractivity contribution in [1.82, 2.24) is 4.90 Å². The Morgan fingerprint density at radius 1 is 1.14 bits per heavy atom. The summed E-state index contributed by atoms with van der Waals surface area (Å²) >= 11 is 11.3. The SMILES string of the molecule is CC(C)CN(CCCCOS(C)(C)C(C)(C)C)C(=O)c1cccc(C#N)c1O.Cc1ccc(Cl)c(Cl)c1. The summed E-state index contributed by atoms with van der Waals surface area (Å²) in [6.45, 7) is 14.6. The molecule has 2 rings (SSSR count). The maximum absolute atomic E-state index is 13.0. The topological polar surface area (TPSA) is 73.6 Å². The number of phenols is 1. The number of para-hydroxylation sites is 1. The average molecular weight is 570 g/mol. The number of benzene rings is 2. The summed E-state index contributed by atoms with van der Waals surface area (Å²) in [5.41, 5.74) is 1.44. The van der Waals surface area contributed by atoms with E-state index in [0.717, 1.165) is 18.4 Å². The monoisotopic (exact) mass is 568 g/mol. The van der Waals surface area contributed by atoms with E-state index in [1.807, 2.05) is 25.1 Å². The lowest BCUT2D eigenvalue weighted by Crippen LogP contribution is -2.35. The van der Waals surface area contributed by atoms with E-state index in [1.54, 1.807) is 23.1 Å². The molecular weight excluding hydrogens is 527 g/mol. The molecule has 0 aliphatic rings. The third-order valence-electron chi connectivity index (χ3n) is 6.01. The summed E-state index contributed by atoms with van der Waals surface area (Å²) < 4.78 is 6.29. The Balaban J connectivity index is 0.000000635. The van der Waals surface area contributed by atoms with E-state index >= 15 is 0 Å². The van der Waals surface area contributed by atoms with E-state index in [0.29, 0.717) is 35.7 Å². The maximum Gasteiger partial charge on any atom is 0.257 e. The molecule has 1 amide bonds. The predicted octanol–water partition coefficient (Wildman–Crippen LogP) is 8.24. The van der Waals surface area contributed by atoms with Crippen LogP contribution in [0.5, 0.6) is 5.75 Å². The van der Waals surface area contributed by atoms with Crippen molar-refractivity contribution in [2.24, 2.45) is 5.92 Å². The molecule has 0 saturated heterocycles. The zero-order valence-corrected chi connectivity index (χ0v) is 25.7. The van der Waals surface area contributed by atoms with Crippen LogP contribution in [0.4, 0.5) is 0 Å². The number of nitriles is 1. The molecule has 0 heterocycles. The Hall–Kier alpha value is -1.91. The first kappa shape index (κ1) is 33.1. The Morgan fingerprint density at radius 3 is 2.30 bits per heavy atom. The number of rotatable bonds is 9. The number of unbranched alkanes of at least 4 members (excludes halogenated alkanes) is 1. The van der Waals surface area contributed by atoms with Crippen LogP contribution in [0.3, 0.4) is 0 Å². The van der Waals surface area contributed by atoms with Gasteiger partial charge in [0, 0.05) is 17.8 Å². The van der Waals surface area contributed by atoms with Crippen LogP contribution in [-0.4, -0.2) is 52.9 Å². The molecule has 0 saturated carbocycles. The summed E-state index contributed by atoms with van der Waals surface area (Å²) in [4.78, 5) is 14.7. The van der Waals surface area contributed by atoms with Gasteiger partial charge < -0.3 is 14.2 Å². The molecule has 0 atom stereocenters. The fourth-order valence-corrected chi connectivity index (χ4v) is 4.38. The van der Waals surface area contributed by atoms with Gasteiger partial charge in [0.05, 0.1) is 27.8 Å². The van der Waals surface area contributed by atoms with E-state index < -0.39 is 10.3 Å². The Morgan fingerprint density at radius 2 is 1.78 bits per heavy atom. The van der Waals surface area contributed by atoms with Crippen LogP contribution in [0.15, 0.2) is 36.4 Å². The van der Waals surface area contributed by atoms with Gasteiger partial charge in [-0.15, -0.1) is 10.3 Å². The van der Waals surface area contributed by atoms with E-state index in [2.05, 4.69) is 47.1 Å². The highest BCUT2D eigenvalue weighted by Gasteiger charge is 2.28. The van der Waals surface area contributed by atoms with Gasteiger partial charge in [-0.3, -0.25) is 4.79 Å². The van der Waals surface area contributed by atoms with Gasteiger partial charge in [0.25, 0.3) is 5.91 Å². The van der Waals surface area contributed by atoms with Crippen LogP contribution in [0.2, 0.25) is 10.0 Å². The standard InChI is InChI=1S/C22H36N2O3S.C7H6Cl2/c1-17(2)16-24(13-8-9-14-27-28(6,7)22(3,4)5)21(26)19-12-10-11-18(15-23)20(19)25;1-5-2-3-6(8)7(9)4-5/h10-12,17,25H,8-9,13-14,16H2,1-7H3;2-4H,1H3. The molecule has 0 aromatic heterocycles. The lowest BCUT2D eigenvalue weighted by Gasteiger charge is -2.43. The number of carbonyl (C=O) groups excluding carboxylic acids is 1. The second kappa shape index (κ2) is 14.9. The molecule has 0 bridgehead atoms. The van der Waals surface area contributed by atoms with E-state index in [-0.39, 0.29) is 27.5 Å². The molecule has 0 spiro atoms. The first-order valence-electron chi connectivity index (χ1n) is 12.4. The largest absolute Gasteiger partial charge is 0.506 e. The molecule has 206 valence electrons. The number of hydrogen-bond acceptors (Lipinski definition) is 4. The van der Waals surface area contributed by atoms with Crippen molar-refractivity contribution >= 4 is 39.4 Å². The van der Waals surface area contributed by atoms with Gasteiger partial charge in [-0.1, -0.05) is 70.0 Å². The first-order chi connectivity index (χ1) is 17.1. The van der Waals surface area contributed by atoms with Gasteiger partial charge in [0.15, 0.2) is 0 Å². The molecule has 0 radical (unpaired) electrons. The molecule has 5 nitrogen and oxygen atoms in total. The summed E-state index contributed by atoms with van der Waals surface area (Å²) in [7, 11) is -1.13. The third kappa shape index (κ3) is 10.8. The quantitative estimate of drug-likeness (QED) is 0.309. The average Bonchev–Trinajstić information content (AvgIpc) is 2.80. The molecule has 37 heavy (non-hydrogen) atoms. The maximum atomic E-state index is 13.0. The van der Waals surface area contributed by atoms with Gasteiger partial charge >= 0.3 is 0 Å². The Bertz CT molecular complexity index is 1080. The van der Waals surface area contributed by atoms with E-state index in [1.165, 1.54) is 6.07 Å². The van der Waals surface area contributed by atoms with Crippen molar-refractivity contribution in [2.45, 2.75) is 59.1 Å². The number of amides is 1. The van der Waals surface area contributed by atoms with Crippen molar-refractivity contribution < 1.29 is 14.1 Å². The number of aryl methyl sites for hydroxylation is 1. The number of carbonyl (C=O) groups is 1. The van der Waals surface area contributed by atoms with Crippen molar-refractivity contribution in [3.63, 3.8) is 0 Å². The normalized spacial score (nSPS) is 11.9. The van der Waals surface area contributed by atoms with Crippen molar-refractivity contribution in [2.75, 3.05) is 32.2 Å². The lowest BCUT2D eigenvalue weighted by atomic mass is 10.1. The molecule has 1 N–H and O–H groups in total. The molecule has 8 heteroatoms. The van der Waals surface area contributed by atoms with Crippen molar-refractivity contribution in [3.05, 3.63) is 63.1 Å². The van der Waals surface area contributed by atoms with Crippen LogP contribution < -0.4 is 0 Å². The minimum Gasteiger partial charge on any atom is -0.506 e. The van der Waals surface area contributed by atoms with Gasteiger partial charge in [-0.2, -0.15) is 5.26 Å². The molecule has 0 aliphatic carbocycles. The number of halogens is 2. The highest BCUT2D eigenvalue weighted by molar-refractivity contribution is 8.29. The van der Waals surface area contributed by atoms with Crippen LogP contribution in [0.25, 0.3) is 0 Å². The smallest absolute Gasteiger partial charge is 0.257 e. The third-order valence-corrected chi connectivity index (χ3v) is 10.5. The van der Waals surface area contributed by atoms with E-state index in [4.69, 9.17) is 32.6 Å². The number of phenolic OH excluding ortho intramolecular Hbond substituents is 1. The Labute approximate surface area is 235 Å². The van der Waals surface area contributed by atoms with Gasteiger partial charge in [-0.25, -0.2) is 0 Å².